The maximum absolute atomic E-state index is 12.9. The molecule has 0 aliphatic carbocycles. The summed E-state index contributed by atoms with van der Waals surface area (Å²) >= 11 is 6.03. The summed E-state index contributed by atoms with van der Waals surface area (Å²) in [5, 5.41) is 6.45. The van der Waals surface area contributed by atoms with Crippen molar-refractivity contribution in [2.45, 2.75) is 11.8 Å². The minimum atomic E-state index is -4.04. The van der Waals surface area contributed by atoms with Gasteiger partial charge in [-0.25, -0.2) is 8.42 Å². The lowest BCUT2D eigenvalue weighted by atomic mass is 10.3. The van der Waals surface area contributed by atoms with Crippen molar-refractivity contribution in [3.05, 3.63) is 65.0 Å². The van der Waals surface area contributed by atoms with Gasteiger partial charge in [-0.05, 0) is 37.3 Å². The van der Waals surface area contributed by atoms with Crippen molar-refractivity contribution in [1.29, 1.82) is 0 Å². The first-order chi connectivity index (χ1) is 13.3. The molecule has 28 heavy (non-hydrogen) atoms. The van der Waals surface area contributed by atoms with E-state index in [0.29, 0.717) is 5.69 Å². The highest BCUT2D eigenvalue weighted by Crippen LogP contribution is 2.31. The Balaban J connectivity index is 1.92. The smallest absolute Gasteiger partial charge is 0.294 e. The molecule has 1 amide bonds. The molecular formula is C18H16ClN3O5S. The van der Waals surface area contributed by atoms with Crippen molar-refractivity contribution in [2.75, 3.05) is 17.1 Å². The number of halogens is 1. The van der Waals surface area contributed by atoms with Crippen LogP contribution in [0.3, 0.4) is 0 Å². The van der Waals surface area contributed by atoms with Gasteiger partial charge in [-0.3, -0.25) is 9.52 Å². The van der Waals surface area contributed by atoms with Gasteiger partial charge >= 0.3 is 0 Å². The van der Waals surface area contributed by atoms with E-state index in [-0.39, 0.29) is 32.8 Å². The van der Waals surface area contributed by atoms with Gasteiger partial charge in [-0.2, -0.15) is 0 Å². The molecule has 2 N–H and O–H groups in total. The number of aryl methyl sites for hydroxylation is 1. The summed E-state index contributed by atoms with van der Waals surface area (Å²) in [6.45, 7) is 1.68. The molecule has 1 aromatic heterocycles. The molecule has 0 saturated carbocycles. The number of carbonyl (C=O) groups is 1. The number of aromatic nitrogens is 1. The predicted molar refractivity (Wildman–Crippen MR) is 104 cm³/mol. The number of ether oxygens (including phenoxy) is 1. The van der Waals surface area contributed by atoms with Crippen LogP contribution in [0.25, 0.3) is 0 Å². The van der Waals surface area contributed by atoms with Gasteiger partial charge in [0, 0.05) is 11.8 Å². The zero-order valence-electron chi connectivity index (χ0n) is 14.9. The molecule has 0 bridgehead atoms. The van der Waals surface area contributed by atoms with E-state index in [1.54, 1.807) is 25.1 Å². The third kappa shape index (κ3) is 4.26. The Bertz CT molecular complexity index is 1130. The van der Waals surface area contributed by atoms with Crippen LogP contribution in [0.15, 0.2) is 57.9 Å². The van der Waals surface area contributed by atoms with Gasteiger partial charge in [-0.15, -0.1) is 0 Å². The molecule has 0 atom stereocenters. The van der Waals surface area contributed by atoms with Crippen LogP contribution in [0.5, 0.6) is 5.75 Å². The summed E-state index contributed by atoms with van der Waals surface area (Å²) in [5.41, 5.74) is 1.00. The van der Waals surface area contributed by atoms with Crippen molar-refractivity contribution < 1.29 is 22.5 Å². The van der Waals surface area contributed by atoms with E-state index in [1.807, 2.05) is 0 Å². The molecule has 0 radical (unpaired) electrons. The Hall–Kier alpha value is -3.04. The number of amides is 1. The van der Waals surface area contributed by atoms with Gasteiger partial charge in [-0.1, -0.05) is 28.9 Å². The number of nitrogens with zero attached hydrogens (tertiary/aromatic N) is 1. The zero-order chi connectivity index (χ0) is 20.3. The molecular weight excluding hydrogens is 406 g/mol. The SMILES string of the molecule is COc1ccc(NC(=O)c2cc(C)no2)cc1S(=O)(=O)Nc1ccccc1Cl. The first-order valence-corrected chi connectivity index (χ1v) is 9.86. The van der Waals surface area contributed by atoms with Gasteiger partial charge in [0.05, 0.1) is 23.5 Å². The van der Waals surface area contributed by atoms with Gasteiger partial charge in [0.25, 0.3) is 15.9 Å². The Labute approximate surface area is 166 Å². The summed E-state index contributed by atoms with van der Waals surface area (Å²) in [5.74, 6) is -0.451. The number of anilines is 2. The lowest BCUT2D eigenvalue weighted by Gasteiger charge is -2.14. The summed E-state index contributed by atoms with van der Waals surface area (Å²) in [6.07, 6.45) is 0. The second-order valence-corrected chi connectivity index (χ2v) is 7.80. The molecule has 0 aliphatic heterocycles. The molecule has 10 heteroatoms. The van der Waals surface area contributed by atoms with Crippen LogP contribution >= 0.6 is 11.6 Å². The van der Waals surface area contributed by atoms with Crippen molar-refractivity contribution in [3.63, 3.8) is 0 Å². The van der Waals surface area contributed by atoms with Crippen LogP contribution in [0, 0.1) is 6.92 Å². The van der Waals surface area contributed by atoms with E-state index in [0.717, 1.165) is 0 Å². The average Bonchev–Trinajstić information content (AvgIpc) is 3.10. The fourth-order valence-corrected chi connectivity index (χ4v) is 3.89. The van der Waals surface area contributed by atoms with E-state index in [1.165, 1.54) is 37.4 Å². The number of carbonyl (C=O) groups excluding carboxylic acids is 1. The summed E-state index contributed by atoms with van der Waals surface area (Å²) in [4.78, 5) is 12.1. The van der Waals surface area contributed by atoms with Crippen molar-refractivity contribution >= 4 is 38.9 Å². The van der Waals surface area contributed by atoms with Gasteiger partial charge in [0.15, 0.2) is 0 Å². The third-order valence-electron chi connectivity index (χ3n) is 3.68. The number of hydrogen-bond donors (Lipinski definition) is 2. The molecule has 146 valence electrons. The van der Waals surface area contributed by atoms with Gasteiger partial charge < -0.3 is 14.6 Å². The van der Waals surface area contributed by atoms with Crippen molar-refractivity contribution in [2.24, 2.45) is 0 Å². The molecule has 0 fully saturated rings. The molecule has 3 aromatic rings. The fraction of sp³-hybridized carbons (Fsp3) is 0.111. The molecule has 0 aliphatic rings. The predicted octanol–water partition coefficient (Wildman–Crippen LogP) is 3.70. The molecule has 0 spiro atoms. The van der Waals surface area contributed by atoms with E-state index < -0.39 is 15.9 Å². The van der Waals surface area contributed by atoms with E-state index in [2.05, 4.69) is 15.2 Å². The van der Waals surface area contributed by atoms with Crippen LogP contribution in [-0.2, 0) is 10.0 Å². The summed E-state index contributed by atoms with van der Waals surface area (Å²) in [6, 6.07) is 12.1. The minimum absolute atomic E-state index is 0.00641. The molecule has 0 unspecified atom stereocenters. The van der Waals surface area contributed by atoms with Crippen LogP contribution in [0.4, 0.5) is 11.4 Å². The third-order valence-corrected chi connectivity index (χ3v) is 5.40. The highest BCUT2D eigenvalue weighted by Gasteiger charge is 2.22. The Morgan fingerprint density at radius 1 is 1.18 bits per heavy atom. The first-order valence-electron chi connectivity index (χ1n) is 8.00. The highest BCUT2D eigenvalue weighted by molar-refractivity contribution is 7.92. The van der Waals surface area contributed by atoms with Crippen LogP contribution in [-0.4, -0.2) is 26.6 Å². The van der Waals surface area contributed by atoms with Crippen LogP contribution < -0.4 is 14.8 Å². The largest absolute Gasteiger partial charge is 0.495 e. The number of sulfonamides is 1. The summed E-state index contributed by atoms with van der Waals surface area (Å²) < 4.78 is 38.2. The van der Waals surface area contributed by atoms with Gasteiger partial charge in [0.2, 0.25) is 5.76 Å². The van der Waals surface area contributed by atoms with Gasteiger partial charge in [0.1, 0.15) is 10.6 Å². The minimum Gasteiger partial charge on any atom is -0.495 e. The molecule has 8 nitrogen and oxygen atoms in total. The topological polar surface area (TPSA) is 111 Å². The monoisotopic (exact) mass is 421 g/mol. The van der Waals surface area contributed by atoms with Crippen LogP contribution in [0.1, 0.15) is 16.2 Å². The molecule has 1 heterocycles. The zero-order valence-corrected chi connectivity index (χ0v) is 16.5. The maximum Gasteiger partial charge on any atom is 0.294 e. The molecule has 2 aromatic carbocycles. The number of rotatable bonds is 6. The number of methoxy groups -OCH3 is 1. The number of nitrogens with one attached hydrogen (secondary N) is 2. The highest BCUT2D eigenvalue weighted by atomic mass is 35.5. The molecule has 0 saturated heterocycles. The Morgan fingerprint density at radius 2 is 1.93 bits per heavy atom. The normalized spacial score (nSPS) is 11.1. The van der Waals surface area contributed by atoms with E-state index >= 15 is 0 Å². The standard InChI is InChI=1S/C18H16ClN3O5S/c1-11-9-16(27-21-11)18(23)20-12-7-8-15(26-2)17(10-12)28(24,25)22-14-6-4-3-5-13(14)19/h3-10,22H,1-2H3,(H,20,23). The van der Waals surface area contributed by atoms with Crippen LogP contribution in [0.2, 0.25) is 5.02 Å². The van der Waals surface area contributed by atoms with Crippen molar-refractivity contribution in [1.82, 2.24) is 5.16 Å². The van der Waals surface area contributed by atoms with Crippen molar-refractivity contribution in [3.8, 4) is 5.75 Å². The fourth-order valence-electron chi connectivity index (χ4n) is 2.37. The molecule has 3 rings (SSSR count). The second kappa shape index (κ2) is 7.91. The lowest BCUT2D eigenvalue weighted by Crippen LogP contribution is -2.16. The second-order valence-electron chi connectivity index (χ2n) is 5.74. The van der Waals surface area contributed by atoms with E-state index in [4.69, 9.17) is 20.9 Å². The number of benzene rings is 2. The Kier molecular flexibility index (Phi) is 5.57. The quantitative estimate of drug-likeness (QED) is 0.627. The average molecular weight is 422 g/mol. The summed E-state index contributed by atoms with van der Waals surface area (Å²) in [7, 11) is -2.70. The number of para-hydroxylation sites is 1. The lowest BCUT2D eigenvalue weighted by molar-refractivity contribution is 0.0988. The maximum atomic E-state index is 12.9. The number of hydrogen-bond acceptors (Lipinski definition) is 6. The Morgan fingerprint density at radius 3 is 2.57 bits per heavy atom. The van der Waals surface area contributed by atoms with E-state index in [9.17, 15) is 13.2 Å². The first kappa shape index (κ1) is 19.7.